The SMILES string of the molecule is CCCCCCOC(=O)NC(=N)c1ccc(NCc2nc3cc(C(=O)N(CCC(=O)OCC)c4ccccn4)ccc3n2C)cc1.CCCCCCOC(=O)NC(=N)c1ccc(NCc2nc3cc(C(=O)N(CCC(=O)OCC)c4ccccn4)ccc3n2C)cc1.CS(=O)(=O)O. The largest absolute Gasteiger partial charge is 0.466 e. The van der Waals surface area contributed by atoms with Crippen molar-refractivity contribution in [3.63, 3.8) is 0 Å². The lowest BCUT2D eigenvalue weighted by Gasteiger charge is -2.21. The van der Waals surface area contributed by atoms with Crippen molar-refractivity contribution in [2.24, 2.45) is 14.1 Å². The van der Waals surface area contributed by atoms with Gasteiger partial charge in [-0.05, 0) is 136 Å². The number of esters is 2. The summed E-state index contributed by atoms with van der Waals surface area (Å²) in [6, 6.07) is 35.5. The van der Waals surface area contributed by atoms with Gasteiger partial charge in [0.05, 0.1) is 80.7 Å². The zero-order chi connectivity index (χ0) is 70.3. The van der Waals surface area contributed by atoms with E-state index >= 15 is 0 Å². The van der Waals surface area contributed by atoms with Gasteiger partial charge in [0.1, 0.15) is 35.0 Å². The van der Waals surface area contributed by atoms with Crippen molar-refractivity contribution in [1.82, 2.24) is 39.7 Å². The number of nitrogens with zero attached hydrogens (tertiary/aromatic N) is 8. The van der Waals surface area contributed by atoms with Gasteiger partial charge in [-0.3, -0.25) is 55.0 Å². The third kappa shape index (κ3) is 24.6. The van der Waals surface area contributed by atoms with Crippen molar-refractivity contribution in [1.29, 1.82) is 10.8 Å². The van der Waals surface area contributed by atoms with Crippen LogP contribution < -0.4 is 31.1 Å². The summed E-state index contributed by atoms with van der Waals surface area (Å²) in [7, 11) is 0.152. The number of aryl methyl sites for hydroxylation is 2. The van der Waals surface area contributed by atoms with E-state index in [0.29, 0.717) is 77.5 Å². The molecule has 0 fully saturated rings. The molecule has 27 nitrogen and oxygen atoms in total. The summed E-state index contributed by atoms with van der Waals surface area (Å²) in [5, 5.41) is 28.0. The number of aromatic nitrogens is 6. The molecule has 0 radical (unpaired) electrons. The number of carbonyl (C=O) groups excluding carboxylic acids is 6. The molecule has 0 atom stereocenters. The lowest BCUT2D eigenvalue weighted by Crippen LogP contribution is -2.34. The second-order valence-electron chi connectivity index (χ2n) is 22.0. The van der Waals surface area contributed by atoms with Gasteiger partial charge < -0.3 is 38.7 Å². The number of ether oxygens (including phenoxy) is 4. The predicted octanol–water partition coefficient (Wildman–Crippen LogP) is 11.1. The molecule has 7 N–H and O–H groups in total. The Morgan fingerprint density at radius 3 is 1.23 bits per heavy atom. The fraction of sp³-hybridized carbons (Fsp3) is 0.362. The number of imidazole rings is 2. The minimum absolute atomic E-state index is 0.0340. The van der Waals surface area contributed by atoms with Crippen LogP contribution in [0.5, 0.6) is 0 Å². The monoisotopic (exact) mass is 1350 g/mol. The number of amides is 4. The number of anilines is 4. The third-order valence-corrected chi connectivity index (χ3v) is 14.6. The molecular weight excluding hydrogens is 1260 g/mol. The lowest BCUT2D eigenvalue weighted by molar-refractivity contribution is -0.143. The molecule has 8 aromatic rings. The number of nitrogens with one attached hydrogen (secondary N) is 6. The Kier molecular flexibility index (Phi) is 30.1. The maximum Gasteiger partial charge on any atom is 0.412 e. The molecule has 0 aliphatic heterocycles. The van der Waals surface area contributed by atoms with E-state index in [2.05, 4.69) is 45.1 Å². The summed E-state index contributed by atoms with van der Waals surface area (Å²) < 4.78 is 50.2. The number of hydrogen-bond donors (Lipinski definition) is 7. The van der Waals surface area contributed by atoms with Crippen molar-refractivity contribution in [3.8, 4) is 0 Å². The second kappa shape index (κ2) is 38.7. The molecule has 0 saturated heterocycles. The molecule has 4 amide bonds. The molecule has 0 aliphatic carbocycles. The van der Waals surface area contributed by atoms with Gasteiger partial charge in [0.15, 0.2) is 0 Å². The highest BCUT2D eigenvalue weighted by molar-refractivity contribution is 7.85. The van der Waals surface area contributed by atoms with Crippen LogP contribution in [0.2, 0.25) is 0 Å². The van der Waals surface area contributed by atoms with E-state index in [4.69, 9.17) is 44.3 Å². The highest BCUT2D eigenvalue weighted by Gasteiger charge is 2.24. The summed E-state index contributed by atoms with van der Waals surface area (Å²) in [5.41, 5.74) is 6.60. The number of rotatable bonds is 30. The molecule has 516 valence electrons. The van der Waals surface area contributed by atoms with Gasteiger partial charge in [0.25, 0.3) is 21.9 Å². The third-order valence-electron chi connectivity index (χ3n) is 14.6. The normalized spacial score (nSPS) is 10.8. The highest BCUT2D eigenvalue weighted by Crippen LogP contribution is 2.24. The van der Waals surface area contributed by atoms with Crippen LogP contribution in [0, 0.1) is 10.8 Å². The van der Waals surface area contributed by atoms with Crippen molar-refractivity contribution < 1.29 is 60.7 Å². The van der Waals surface area contributed by atoms with Crippen molar-refractivity contribution >= 4 is 103 Å². The highest BCUT2D eigenvalue weighted by atomic mass is 32.2. The Balaban J connectivity index is 0.000000286. The topological polar surface area (TPSA) is 357 Å². The maximum absolute atomic E-state index is 13.6. The number of alkyl carbamates (subject to hydrolysis) is 2. The molecule has 4 aromatic heterocycles. The lowest BCUT2D eigenvalue weighted by atomic mass is 10.1. The fourth-order valence-corrected chi connectivity index (χ4v) is 9.61. The molecule has 4 heterocycles. The van der Waals surface area contributed by atoms with Gasteiger partial charge in [-0.1, -0.05) is 64.5 Å². The molecule has 0 saturated carbocycles. The van der Waals surface area contributed by atoms with E-state index in [0.717, 1.165) is 85.4 Å². The minimum atomic E-state index is -3.67. The Hall–Kier alpha value is -10.6. The van der Waals surface area contributed by atoms with E-state index in [-0.39, 0.29) is 74.6 Å². The van der Waals surface area contributed by atoms with Gasteiger partial charge in [-0.2, -0.15) is 8.42 Å². The minimum Gasteiger partial charge on any atom is -0.466 e. The first-order valence-electron chi connectivity index (χ1n) is 31.9. The fourth-order valence-electron chi connectivity index (χ4n) is 9.61. The van der Waals surface area contributed by atoms with E-state index in [1.165, 1.54) is 9.80 Å². The molecule has 0 spiro atoms. The zero-order valence-corrected chi connectivity index (χ0v) is 56.6. The van der Waals surface area contributed by atoms with Crippen LogP contribution in [0.15, 0.2) is 134 Å². The summed E-state index contributed by atoms with van der Waals surface area (Å²) in [6.45, 7) is 10.0. The van der Waals surface area contributed by atoms with Gasteiger partial charge in [-0.15, -0.1) is 0 Å². The average molecular weight is 1350 g/mol. The molecule has 0 bridgehead atoms. The summed E-state index contributed by atoms with van der Waals surface area (Å²) >= 11 is 0. The van der Waals surface area contributed by atoms with Crippen LogP contribution >= 0.6 is 0 Å². The number of unbranched alkanes of at least 4 members (excludes halogenated alkanes) is 6. The van der Waals surface area contributed by atoms with Crippen LogP contribution in [-0.2, 0) is 65.8 Å². The zero-order valence-electron chi connectivity index (χ0n) is 55.8. The second-order valence-corrected chi connectivity index (χ2v) is 23.4. The molecule has 28 heteroatoms. The predicted molar refractivity (Wildman–Crippen MR) is 372 cm³/mol. The van der Waals surface area contributed by atoms with Crippen LogP contribution in [0.25, 0.3) is 22.1 Å². The van der Waals surface area contributed by atoms with Crippen molar-refractivity contribution in [2.45, 2.75) is 105 Å². The number of pyridine rings is 2. The van der Waals surface area contributed by atoms with Crippen LogP contribution in [0.4, 0.5) is 32.6 Å². The number of carbonyl (C=O) groups is 6. The summed E-state index contributed by atoms with van der Waals surface area (Å²) in [6.07, 6.45) is 10.8. The molecule has 0 aliphatic rings. The Labute approximate surface area is 564 Å². The quantitative estimate of drug-likeness (QED) is 0.00549. The van der Waals surface area contributed by atoms with Gasteiger partial charge in [0.2, 0.25) is 0 Å². The van der Waals surface area contributed by atoms with Gasteiger partial charge in [0, 0.05) is 73.2 Å². The summed E-state index contributed by atoms with van der Waals surface area (Å²) in [5.74, 6) is 0.966. The number of amidine groups is 2. The van der Waals surface area contributed by atoms with E-state index < -0.39 is 22.3 Å². The number of fused-ring (bicyclic) bond motifs is 2. The molecular formula is C69H86N14O13S. The molecule has 97 heavy (non-hydrogen) atoms. The molecule has 8 rings (SSSR count). The maximum atomic E-state index is 13.6. The van der Waals surface area contributed by atoms with E-state index in [9.17, 15) is 37.2 Å². The number of benzene rings is 4. The molecule has 0 unspecified atom stereocenters. The first-order valence-corrected chi connectivity index (χ1v) is 33.8. The van der Waals surface area contributed by atoms with Crippen LogP contribution in [-0.4, -0.2) is 135 Å². The smallest absolute Gasteiger partial charge is 0.412 e. The summed E-state index contributed by atoms with van der Waals surface area (Å²) in [4.78, 5) is 96.4. The van der Waals surface area contributed by atoms with Crippen molar-refractivity contribution in [2.75, 3.05) is 66.2 Å². The van der Waals surface area contributed by atoms with E-state index in [1.54, 1.807) is 111 Å². The standard InChI is InChI=1S/2C34H41N7O5.CH4O3S/c2*1-4-6-7-10-21-46-34(44)39-32(35)24-12-15-26(16-13-24)37-23-30-38-27-22-25(14-17-28(27)40(30)3)33(43)41(20-18-31(42)45-5-2)29-11-8-9-19-36-29;1-5(2,3)4/h2*8-9,11-17,19,22,37H,4-7,10,18,20-21,23H2,1-3H3,(H2,35,39,44);1H3,(H,2,3,4). The Bertz CT molecular complexity index is 3790. The van der Waals surface area contributed by atoms with Crippen LogP contribution in [0.3, 0.4) is 0 Å². The van der Waals surface area contributed by atoms with Gasteiger partial charge in [-0.25, -0.2) is 29.5 Å². The Morgan fingerprint density at radius 2 is 0.887 bits per heavy atom. The van der Waals surface area contributed by atoms with Crippen LogP contribution in [0.1, 0.15) is 135 Å². The first kappa shape index (κ1) is 75.4. The van der Waals surface area contributed by atoms with E-state index in [1.807, 2.05) is 59.6 Å². The van der Waals surface area contributed by atoms with Gasteiger partial charge >= 0.3 is 24.1 Å². The average Bonchev–Trinajstić information content (AvgIpc) is 1.66. The number of hydrogen-bond acceptors (Lipinski definition) is 20. The Morgan fingerprint density at radius 1 is 0.515 bits per heavy atom. The molecule has 4 aromatic carbocycles. The van der Waals surface area contributed by atoms with Crippen molar-refractivity contribution in [3.05, 3.63) is 168 Å². The first-order chi connectivity index (χ1) is 46.6.